The van der Waals surface area contributed by atoms with Crippen molar-refractivity contribution < 1.29 is 0 Å². The van der Waals surface area contributed by atoms with E-state index in [0.29, 0.717) is 26.0 Å². The number of anilines is 3. The van der Waals surface area contributed by atoms with Crippen molar-refractivity contribution in [2.75, 3.05) is 23.8 Å². The smallest absolute Gasteiger partial charge is 0.197 e. The largest absolute Gasteiger partial charge is 0.383 e. The maximum atomic E-state index is 6.07. The first-order chi connectivity index (χ1) is 8.99. The van der Waals surface area contributed by atoms with Gasteiger partial charge in [-0.05, 0) is 17.8 Å². The summed E-state index contributed by atoms with van der Waals surface area (Å²) in [5.41, 5.74) is 11.2. The first-order valence-corrected chi connectivity index (χ1v) is 6.68. The van der Waals surface area contributed by atoms with E-state index in [9.17, 15) is 0 Å². The first kappa shape index (κ1) is 14.0. The van der Waals surface area contributed by atoms with Crippen molar-refractivity contribution in [2.45, 2.75) is 10.2 Å². The van der Waals surface area contributed by atoms with Crippen molar-refractivity contribution in [2.24, 2.45) is 0 Å². The summed E-state index contributed by atoms with van der Waals surface area (Å²) in [6.07, 6.45) is 0. The Morgan fingerprint density at radius 1 is 1.05 bits per heavy atom. The van der Waals surface area contributed by atoms with Gasteiger partial charge in [-0.2, -0.15) is 0 Å². The van der Waals surface area contributed by atoms with Crippen molar-refractivity contribution >= 4 is 52.4 Å². The number of pyridine rings is 1. The summed E-state index contributed by atoms with van der Waals surface area (Å²) in [5, 5.41) is 4.59. The molecule has 0 saturated carbocycles. The number of hydrogen-bond acceptors (Lipinski definition) is 7. The van der Waals surface area contributed by atoms with Crippen LogP contribution in [0.15, 0.2) is 22.3 Å². The van der Waals surface area contributed by atoms with E-state index in [0.717, 1.165) is 11.8 Å². The normalized spacial score (nSPS) is 10.5. The molecule has 100 valence electrons. The molecule has 9 heteroatoms. The molecule has 0 fully saturated rings. The minimum absolute atomic E-state index is 0.286. The number of hydrogen-bond donors (Lipinski definition) is 3. The molecule has 6 nitrogen and oxygen atoms in total. The van der Waals surface area contributed by atoms with Crippen LogP contribution >= 0.6 is 35.0 Å². The van der Waals surface area contributed by atoms with Crippen molar-refractivity contribution in [3.63, 3.8) is 0 Å². The maximum Gasteiger partial charge on any atom is 0.197 e. The van der Waals surface area contributed by atoms with Gasteiger partial charge in [0, 0.05) is 13.1 Å². The quantitative estimate of drug-likeness (QED) is 0.747. The van der Waals surface area contributed by atoms with Crippen LogP contribution in [0.2, 0.25) is 10.0 Å². The molecule has 0 aromatic carbocycles. The lowest BCUT2D eigenvalue weighted by Gasteiger charge is -2.08. The molecule has 0 unspecified atom stereocenters. The minimum atomic E-state index is 0.286. The zero-order chi connectivity index (χ0) is 14.0. The molecule has 2 rings (SSSR count). The molecule has 2 heterocycles. The van der Waals surface area contributed by atoms with Crippen molar-refractivity contribution in [1.82, 2.24) is 15.0 Å². The molecule has 0 spiro atoms. The first-order valence-electron chi connectivity index (χ1n) is 5.11. The number of halogens is 2. The molecule has 0 radical (unpaired) electrons. The summed E-state index contributed by atoms with van der Waals surface area (Å²) in [7, 11) is 1.71. The third kappa shape index (κ3) is 3.31. The lowest BCUT2D eigenvalue weighted by molar-refractivity contribution is 0.977. The average Bonchev–Trinajstić information content (AvgIpc) is 2.31. The second kappa shape index (κ2) is 5.68. The fourth-order valence-corrected chi connectivity index (χ4v) is 2.63. The van der Waals surface area contributed by atoms with Crippen LogP contribution in [0.4, 0.5) is 17.5 Å². The minimum Gasteiger partial charge on any atom is -0.383 e. The standard InChI is InChI=1S/C10H10Cl2N6S/c1-15-8-4(11)2-5(12)9(18-8)19-10-16-6(13)3-7(14)17-10/h2-3H,1H3,(H,15,18)(H4,13,14,16,17). The summed E-state index contributed by atoms with van der Waals surface area (Å²) in [6.45, 7) is 0. The number of nitrogens with zero attached hydrogens (tertiary/aromatic N) is 3. The van der Waals surface area contributed by atoms with Crippen LogP contribution in [0.5, 0.6) is 0 Å². The fourth-order valence-electron chi connectivity index (χ4n) is 1.29. The van der Waals surface area contributed by atoms with Gasteiger partial charge in [-0.15, -0.1) is 0 Å². The van der Waals surface area contributed by atoms with E-state index in [1.165, 1.54) is 6.07 Å². The topological polar surface area (TPSA) is 103 Å². The molecule has 0 aliphatic rings. The van der Waals surface area contributed by atoms with Crippen molar-refractivity contribution in [1.29, 1.82) is 0 Å². The van der Waals surface area contributed by atoms with Crippen molar-refractivity contribution in [3.05, 3.63) is 22.2 Å². The SMILES string of the molecule is CNc1nc(Sc2nc(N)cc(N)n2)c(Cl)cc1Cl. The van der Waals surface area contributed by atoms with Crippen LogP contribution in [0.25, 0.3) is 0 Å². The summed E-state index contributed by atoms with van der Waals surface area (Å²) in [6, 6.07) is 3.07. The molecule has 0 bridgehead atoms. The summed E-state index contributed by atoms with van der Waals surface area (Å²) in [5.74, 6) is 1.09. The molecule has 2 aromatic heterocycles. The number of aromatic nitrogens is 3. The Morgan fingerprint density at radius 3 is 2.26 bits per heavy atom. The lowest BCUT2D eigenvalue weighted by Crippen LogP contribution is -2.00. The second-order valence-corrected chi connectivity index (χ2v) is 5.23. The predicted molar refractivity (Wildman–Crippen MR) is 78.8 cm³/mol. The third-order valence-electron chi connectivity index (χ3n) is 2.07. The monoisotopic (exact) mass is 316 g/mol. The number of rotatable bonds is 3. The van der Waals surface area contributed by atoms with E-state index in [1.54, 1.807) is 13.1 Å². The van der Waals surface area contributed by atoms with Gasteiger partial charge in [0.25, 0.3) is 0 Å². The summed E-state index contributed by atoms with van der Waals surface area (Å²) < 4.78 is 0. The number of nitrogens with two attached hydrogens (primary N) is 2. The highest BCUT2D eigenvalue weighted by molar-refractivity contribution is 7.99. The summed E-state index contributed by atoms with van der Waals surface area (Å²) in [4.78, 5) is 12.4. The highest BCUT2D eigenvalue weighted by Gasteiger charge is 2.12. The van der Waals surface area contributed by atoms with Crippen LogP contribution in [0.1, 0.15) is 0 Å². The molecule has 0 aliphatic heterocycles. The lowest BCUT2D eigenvalue weighted by atomic mass is 10.4. The van der Waals surface area contributed by atoms with E-state index < -0.39 is 0 Å². The average molecular weight is 317 g/mol. The molecule has 5 N–H and O–H groups in total. The van der Waals surface area contributed by atoms with Crippen LogP contribution in [-0.2, 0) is 0 Å². The highest BCUT2D eigenvalue weighted by Crippen LogP contribution is 2.34. The van der Waals surface area contributed by atoms with Gasteiger partial charge in [-0.1, -0.05) is 23.2 Å². The Kier molecular flexibility index (Phi) is 4.18. The van der Waals surface area contributed by atoms with Crippen LogP contribution in [0.3, 0.4) is 0 Å². The van der Waals surface area contributed by atoms with Crippen molar-refractivity contribution in [3.8, 4) is 0 Å². The molecule has 19 heavy (non-hydrogen) atoms. The van der Waals surface area contributed by atoms with Crippen LogP contribution in [0, 0.1) is 0 Å². The van der Waals surface area contributed by atoms with Gasteiger partial charge < -0.3 is 16.8 Å². The second-order valence-electron chi connectivity index (χ2n) is 3.46. The molecular formula is C10H10Cl2N6S. The third-order valence-corrected chi connectivity index (χ3v) is 3.63. The molecule has 0 atom stereocenters. The molecule has 2 aromatic rings. The molecular weight excluding hydrogens is 307 g/mol. The van der Waals surface area contributed by atoms with Gasteiger partial charge >= 0.3 is 0 Å². The fraction of sp³-hybridized carbons (Fsp3) is 0.100. The molecule has 0 aliphatic carbocycles. The Balaban J connectivity index is 2.37. The van der Waals surface area contributed by atoms with Gasteiger partial charge in [0.05, 0.1) is 10.0 Å². The van der Waals surface area contributed by atoms with E-state index in [4.69, 9.17) is 34.7 Å². The van der Waals surface area contributed by atoms with Gasteiger partial charge in [-0.3, -0.25) is 0 Å². The van der Waals surface area contributed by atoms with Crippen LogP contribution in [-0.4, -0.2) is 22.0 Å². The van der Waals surface area contributed by atoms with Gasteiger partial charge in [0.1, 0.15) is 22.5 Å². The van der Waals surface area contributed by atoms with E-state index in [1.807, 2.05) is 0 Å². The zero-order valence-corrected chi connectivity index (χ0v) is 12.1. The molecule has 0 saturated heterocycles. The van der Waals surface area contributed by atoms with E-state index in [-0.39, 0.29) is 11.6 Å². The van der Waals surface area contributed by atoms with Gasteiger partial charge in [-0.25, -0.2) is 15.0 Å². The van der Waals surface area contributed by atoms with Gasteiger partial charge in [0.15, 0.2) is 5.16 Å². The van der Waals surface area contributed by atoms with E-state index >= 15 is 0 Å². The Hall–Kier alpha value is -1.44. The molecule has 0 amide bonds. The number of nitrogen functional groups attached to an aromatic ring is 2. The van der Waals surface area contributed by atoms with E-state index in [2.05, 4.69) is 20.3 Å². The Labute approximate surface area is 123 Å². The number of nitrogens with one attached hydrogen (secondary N) is 1. The highest BCUT2D eigenvalue weighted by atomic mass is 35.5. The Bertz CT molecular complexity index is 601. The summed E-state index contributed by atoms with van der Waals surface area (Å²) >= 11 is 13.2. The maximum absolute atomic E-state index is 6.07. The van der Waals surface area contributed by atoms with Crippen LogP contribution < -0.4 is 16.8 Å². The predicted octanol–water partition coefficient (Wildman–Crippen LogP) is 2.54. The zero-order valence-electron chi connectivity index (χ0n) is 9.82. The van der Waals surface area contributed by atoms with Gasteiger partial charge in [0.2, 0.25) is 0 Å². The Morgan fingerprint density at radius 2 is 1.68 bits per heavy atom.